The van der Waals surface area contributed by atoms with Gasteiger partial charge in [-0.25, -0.2) is 0 Å². The molecule has 2 heterocycles. The predicted molar refractivity (Wildman–Crippen MR) is 83.9 cm³/mol. The van der Waals surface area contributed by atoms with Gasteiger partial charge >= 0.3 is 0 Å². The number of ether oxygens (including phenoxy) is 1. The molecule has 3 rings (SSSR count). The van der Waals surface area contributed by atoms with Crippen molar-refractivity contribution in [1.29, 1.82) is 0 Å². The number of rotatable bonds is 5. The van der Waals surface area contributed by atoms with Gasteiger partial charge in [0.1, 0.15) is 6.10 Å². The van der Waals surface area contributed by atoms with Gasteiger partial charge in [0.05, 0.1) is 0 Å². The smallest absolute Gasteiger partial charge is 0.252 e. The van der Waals surface area contributed by atoms with Crippen LogP contribution in [0.2, 0.25) is 0 Å². The lowest BCUT2D eigenvalue weighted by molar-refractivity contribution is -0.142. The molecule has 0 saturated carbocycles. The van der Waals surface area contributed by atoms with Gasteiger partial charge in [-0.3, -0.25) is 9.78 Å². The highest BCUT2D eigenvalue weighted by Crippen LogP contribution is 2.18. The summed E-state index contributed by atoms with van der Waals surface area (Å²) in [6, 6.07) is 13.9. The molecule has 1 aliphatic rings. The average Bonchev–Trinajstić information content (AvgIpc) is 3.10. The van der Waals surface area contributed by atoms with Crippen LogP contribution in [-0.2, 0) is 22.6 Å². The van der Waals surface area contributed by atoms with E-state index in [1.165, 1.54) is 0 Å². The summed E-state index contributed by atoms with van der Waals surface area (Å²) in [5, 5.41) is 0. The van der Waals surface area contributed by atoms with Crippen LogP contribution in [0.4, 0.5) is 0 Å². The standard InChI is InChI=1S/C18H20N2O2/c21-18(17-9-5-11-22-17)20(13-15-6-2-1-3-7-15)14-16-8-4-10-19-12-16/h1-4,6-8,10,12,17H,5,9,11,13-14H2/t17-/m0/s1. The summed E-state index contributed by atoms with van der Waals surface area (Å²) in [5.41, 5.74) is 2.16. The van der Waals surface area contributed by atoms with E-state index in [2.05, 4.69) is 4.98 Å². The van der Waals surface area contributed by atoms with E-state index in [9.17, 15) is 4.79 Å². The van der Waals surface area contributed by atoms with Crippen LogP contribution in [0.1, 0.15) is 24.0 Å². The summed E-state index contributed by atoms with van der Waals surface area (Å²) >= 11 is 0. The second kappa shape index (κ2) is 7.18. The predicted octanol–water partition coefficient (Wildman–Crippen LogP) is 2.79. The molecule has 0 radical (unpaired) electrons. The third-order valence-electron chi connectivity index (χ3n) is 3.83. The molecule has 0 bridgehead atoms. The molecule has 22 heavy (non-hydrogen) atoms. The Bertz CT molecular complexity index is 553. The van der Waals surface area contributed by atoms with Crippen LogP contribution in [0.3, 0.4) is 0 Å². The lowest BCUT2D eigenvalue weighted by atomic mass is 10.1. The first-order valence-corrected chi connectivity index (χ1v) is 7.66. The molecule has 4 nitrogen and oxygen atoms in total. The van der Waals surface area contributed by atoms with Crippen LogP contribution in [-0.4, -0.2) is 28.5 Å². The average molecular weight is 296 g/mol. The first-order chi connectivity index (χ1) is 10.8. The third kappa shape index (κ3) is 3.71. The minimum absolute atomic E-state index is 0.0743. The minimum atomic E-state index is -0.291. The second-order valence-corrected chi connectivity index (χ2v) is 5.54. The van der Waals surface area contributed by atoms with Gasteiger partial charge in [0.25, 0.3) is 5.91 Å². The third-order valence-corrected chi connectivity index (χ3v) is 3.83. The quantitative estimate of drug-likeness (QED) is 0.852. The summed E-state index contributed by atoms with van der Waals surface area (Å²) in [6.45, 7) is 1.83. The highest BCUT2D eigenvalue weighted by atomic mass is 16.5. The van der Waals surface area contributed by atoms with E-state index in [0.717, 1.165) is 24.0 Å². The maximum atomic E-state index is 12.7. The molecule has 0 N–H and O–H groups in total. The number of carbonyl (C=O) groups excluding carboxylic acids is 1. The van der Waals surface area contributed by atoms with Crippen LogP contribution in [0.25, 0.3) is 0 Å². The zero-order valence-corrected chi connectivity index (χ0v) is 12.5. The topological polar surface area (TPSA) is 42.4 Å². The molecule has 114 valence electrons. The van der Waals surface area contributed by atoms with E-state index in [0.29, 0.717) is 19.7 Å². The molecule has 1 atom stereocenters. The molecule has 0 spiro atoms. The SMILES string of the molecule is O=C([C@@H]1CCCO1)N(Cc1ccccc1)Cc1cccnc1. The zero-order chi connectivity index (χ0) is 15.2. The molecule has 1 aliphatic heterocycles. The van der Waals surface area contributed by atoms with Crippen molar-refractivity contribution in [3.63, 3.8) is 0 Å². The van der Waals surface area contributed by atoms with E-state index < -0.39 is 0 Å². The molecular formula is C18H20N2O2. The van der Waals surface area contributed by atoms with Crippen molar-refractivity contribution >= 4 is 5.91 Å². The van der Waals surface area contributed by atoms with Gasteiger partial charge in [0.2, 0.25) is 0 Å². The van der Waals surface area contributed by atoms with Crippen LogP contribution in [0, 0.1) is 0 Å². The molecule has 1 fully saturated rings. The minimum Gasteiger partial charge on any atom is -0.368 e. The molecule has 1 saturated heterocycles. The van der Waals surface area contributed by atoms with Gasteiger partial charge in [0.15, 0.2) is 0 Å². The highest BCUT2D eigenvalue weighted by molar-refractivity contribution is 5.81. The van der Waals surface area contributed by atoms with Crippen molar-refractivity contribution < 1.29 is 9.53 Å². The Balaban J connectivity index is 1.76. The van der Waals surface area contributed by atoms with Crippen molar-refractivity contribution in [2.24, 2.45) is 0 Å². The number of amides is 1. The Labute approximate surface area is 130 Å². The number of hydrogen-bond donors (Lipinski definition) is 0. The number of nitrogens with zero attached hydrogens (tertiary/aromatic N) is 2. The molecule has 4 heteroatoms. The van der Waals surface area contributed by atoms with E-state index in [4.69, 9.17) is 4.74 Å². The number of hydrogen-bond acceptors (Lipinski definition) is 3. The van der Waals surface area contributed by atoms with Gasteiger partial charge in [-0.1, -0.05) is 36.4 Å². The Kier molecular flexibility index (Phi) is 4.81. The first kappa shape index (κ1) is 14.7. The largest absolute Gasteiger partial charge is 0.368 e. The monoisotopic (exact) mass is 296 g/mol. The van der Waals surface area contributed by atoms with Crippen LogP contribution < -0.4 is 0 Å². The van der Waals surface area contributed by atoms with Gasteiger partial charge in [-0.05, 0) is 30.0 Å². The fourth-order valence-electron chi connectivity index (χ4n) is 2.70. The highest BCUT2D eigenvalue weighted by Gasteiger charge is 2.28. The summed E-state index contributed by atoms with van der Waals surface area (Å²) in [6.07, 6.45) is 5.04. The molecule has 2 aromatic rings. The van der Waals surface area contributed by atoms with E-state index in [-0.39, 0.29) is 12.0 Å². The Morgan fingerprint density at radius 2 is 1.91 bits per heavy atom. The van der Waals surface area contributed by atoms with E-state index in [1.54, 1.807) is 12.4 Å². The Morgan fingerprint density at radius 3 is 2.59 bits per heavy atom. The van der Waals surface area contributed by atoms with Crippen molar-refractivity contribution in [1.82, 2.24) is 9.88 Å². The molecule has 0 aliphatic carbocycles. The number of aromatic nitrogens is 1. The zero-order valence-electron chi connectivity index (χ0n) is 12.5. The Morgan fingerprint density at radius 1 is 1.14 bits per heavy atom. The number of pyridine rings is 1. The summed E-state index contributed by atoms with van der Waals surface area (Å²) in [5.74, 6) is 0.0743. The number of benzene rings is 1. The van der Waals surface area contributed by atoms with Crippen LogP contribution in [0.15, 0.2) is 54.9 Å². The van der Waals surface area contributed by atoms with Gasteiger partial charge in [0, 0.05) is 32.1 Å². The normalized spacial score (nSPS) is 17.4. The van der Waals surface area contributed by atoms with Gasteiger partial charge < -0.3 is 9.64 Å². The fourth-order valence-corrected chi connectivity index (χ4v) is 2.70. The Hall–Kier alpha value is -2.20. The van der Waals surface area contributed by atoms with Crippen molar-refractivity contribution in [3.05, 3.63) is 66.0 Å². The summed E-state index contributed by atoms with van der Waals surface area (Å²) in [7, 11) is 0. The van der Waals surface area contributed by atoms with Gasteiger partial charge in [-0.2, -0.15) is 0 Å². The molecular weight excluding hydrogens is 276 g/mol. The summed E-state index contributed by atoms with van der Waals surface area (Å²) < 4.78 is 5.56. The maximum absolute atomic E-state index is 12.7. The lowest BCUT2D eigenvalue weighted by Crippen LogP contribution is -2.38. The molecule has 1 aromatic heterocycles. The van der Waals surface area contributed by atoms with Crippen LogP contribution >= 0.6 is 0 Å². The lowest BCUT2D eigenvalue weighted by Gasteiger charge is -2.25. The molecule has 1 aromatic carbocycles. The van der Waals surface area contributed by atoms with Crippen molar-refractivity contribution in [2.75, 3.05) is 6.61 Å². The molecule has 0 unspecified atom stereocenters. The second-order valence-electron chi connectivity index (χ2n) is 5.54. The number of carbonyl (C=O) groups is 1. The first-order valence-electron chi connectivity index (χ1n) is 7.66. The van der Waals surface area contributed by atoms with Crippen molar-refractivity contribution in [2.45, 2.75) is 32.0 Å². The van der Waals surface area contributed by atoms with Gasteiger partial charge in [-0.15, -0.1) is 0 Å². The molecule has 1 amide bonds. The van der Waals surface area contributed by atoms with Crippen molar-refractivity contribution in [3.8, 4) is 0 Å². The fraction of sp³-hybridized carbons (Fsp3) is 0.333. The van der Waals surface area contributed by atoms with Crippen LogP contribution in [0.5, 0.6) is 0 Å². The maximum Gasteiger partial charge on any atom is 0.252 e. The summed E-state index contributed by atoms with van der Waals surface area (Å²) in [4.78, 5) is 18.7. The van der Waals surface area contributed by atoms with E-state index >= 15 is 0 Å². The van der Waals surface area contributed by atoms with E-state index in [1.807, 2.05) is 47.4 Å².